The van der Waals surface area contributed by atoms with E-state index in [1.165, 1.54) is 7.11 Å². The van der Waals surface area contributed by atoms with Gasteiger partial charge < -0.3 is 20.3 Å². The van der Waals surface area contributed by atoms with Gasteiger partial charge in [0.25, 0.3) is 5.91 Å². The maximum atomic E-state index is 12.8. The molecule has 1 aromatic carbocycles. The van der Waals surface area contributed by atoms with Crippen LogP contribution in [0, 0.1) is 5.92 Å². The smallest absolute Gasteiger partial charge is 0.255 e. The van der Waals surface area contributed by atoms with Crippen molar-refractivity contribution in [2.24, 2.45) is 5.92 Å². The molecule has 0 saturated carbocycles. The highest BCUT2D eigenvalue weighted by molar-refractivity contribution is 7.98. The molecule has 152 valence electrons. The first kappa shape index (κ1) is 20.5. The van der Waals surface area contributed by atoms with Crippen molar-refractivity contribution in [1.29, 1.82) is 0 Å². The van der Waals surface area contributed by atoms with E-state index in [0.717, 1.165) is 4.90 Å². The highest BCUT2D eigenvalue weighted by atomic mass is 32.2. The average molecular weight is 406 g/mol. The van der Waals surface area contributed by atoms with E-state index in [1.807, 2.05) is 32.2 Å². The molecule has 2 N–H and O–H groups in total. The highest BCUT2D eigenvalue weighted by Crippen LogP contribution is 2.27. The van der Waals surface area contributed by atoms with Gasteiger partial charge >= 0.3 is 0 Å². The molecule has 3 rings (SSSR count). The summed E-state index contributed by atoms with van der Waals surface area (Å²) in [4.78, 5) is 40.6. The van der Waals surface area contributed by atoms with Crippen LogP contribution in [0.25, 0.3) is 0 Å². The van der Waals surface area contributed by atoms with Crippen LogP contribution in [0.1, 0.15) is 37.0 Å². The average Bonchev–Trinajstić information content (AvgIpc) is 2.69. The van der Waals surface area contributed by atoms with Crippen LogP contribution in [-0.2, 0) is 9.59 Å². The Balaban J connectivity index is 1.69. The number of nitrogens with zero attached hydrogens (tertiary/aromatic N) is 1. The van der Waals surface area contributed by atoms with E-state index in [1.54, 1.807) is 22.7 Å². The molecule has 2 saturated heterocycles. The molecule has 0 bridgehead atoms. The molecular formula is C20H27N3O4S. The Morgan fingerprint density at radius 1 is 1.36 bits per heavy atom. The van der Waals surface area contributed by atoms with Crippen LogP contribution in [0.3, 0.4) is 0 Å². The van der Waals surface area contributed by atoms with Gasteiger partial charge in [-0.1, -0.05) is 13.8 Å². The van der Waals surface area contributed by atoms with E-state index in [4.69, 9.17) is 4.74 Å². The lowest BCUT2D eigenvalue weighted by Gasteiger charge is -2.45. The van der Waals surface area contributed by atoms with Crippen LogP contribution in [0.4, 0.5) is 0 Å². The molecule has 1 aromatic rings. The summed E-state index contributed by atoms with van der Waals surface area (Å²) in [5.74, 6) is 0.169. The van der Waals surface area contributed by atoms with Gasteiger partial charge in [-0.15, -0.1) is 11.8 Å². The first-order valence-electron chi connectivity index (χ1n) is 9.49. The minimum absolute atomic E-state index is 0.0290. The Labute approximate surface area is 169 Å². The molecule has 0 radical (unpaired) electrons. The quantitative estimate of drug-likeness (QED) is 0.728. The standard InChI is InChI=1S/C20H27N3O4S/c1-11(2)17-20(26)23-8-7-12(9-15(23)19(25)22-17)21-18(24)14-6-5-13(28-4)10-16(14)27-3/h5-6,10-12,15,17H,7-9H2,1-4H3,(H,21,24)(H,22,25)/t12-,15-,17+/m0/s1. The molecular weight excluding hydrogens is 378 g/mol. The van der Waals surface area contributed by atoms with Crippen LogP contribution in [0.2, 0.25) is 0 Å². The molecule has 2 aliphatic rings. The Hall–Kier alpha value is -2.22. The highest BCUT2D eigenvalue weighted by Gasteiger charge is 2.44. The molecule has 0 spiro atoms. The number of rotatable bonds is 5. The summed E-state index contributed by atoms with van der Waals surface area (Å²) in [5.41, 5.74) is 0.465. The number of fused-ring (bicyclic) bond motifs is 1. The van der Waals surface area contributed by atoms with Crippen molar-refractivity contribution in [2.45, 2.75) is 49.7 Å². The largest absolute Gasteiger partial charge is 0.496 e. The van der Waals surface area contributed by atoms with E-state index in [2.05, 4.69) is 10.6 Å². The number of benzene rings is 1. The van der Waals surface area contributed by atoms with Crippen LogP contribution >= 0.6 is 11.8 Å². The maximum Gasteiger partial charge on any atom is 0.255 e. The lowest BCUT2D eigenvalue weighted by molar-refractivity contribution is -0.152. The van der Waals surface area contributed by atoms with Crippen LogP contribution in [-0.4, -0.2) is 60.7 Å². The Bertz CT molecular complexity index is 783. The van der Waals surface area contributed by atoms with Gasteiger partial charge in [0.05, 0.1) is 12.7 Å². The van der Waals surface area contributed by atoms with Gasteiger partial charge in [-0.25, -0.2) is 0 Å². The summed E-state index contributed by atoms with van der Waals surface area (Å²) in [6.07, 6.45) is 3.00. The normalized spacial score (nSPS) is 24.6. The van der Waals surface area contributed by atoms with Crippen molar-refractivity contribution < 1.29 is 19.1 Å². The number of hydrogen-bond acceptors (Lipinski definition) is 5. The second-order valence-electron chi connectivity index (χ2n) is 7.54. The summed E-state index contributed by atoms with van der Waals surface area (Å²) in [5, 5.41) is 5.84. The lowest BCUT2D eigenvalue weighted by Crippen LogP contribution is -2.67. The Morgan fingerprint density at radius 3 is 2.75 bits per heavy atom. The molecule has 0 aliphatic carbocycles. The minimum atomic E-state index is -0.526. The number of hydrogen-bond donors (Lipinski definition) is 2. The molecule has 2 heterocycles. The van der Waals surface area contributed by atoms with Crippen LogP contribution < -0.4 is 15.4 Å². The maximum absolute atomic E-state index is 12.8. The zero-order valence-electron chi connectivity index (χ0n) is 16.7. The topological polar surface area (TPSA) is 87.7 Å². The number of amides is 3. The van der Waals surface area contributed by atoms with Gasteiger partial charge in [-0.05, 0) is 43.2 Å². The molecule has 3 amide bonds. The summed E-state index contributed by atoms with van der Waals surface area (Å²) in [6, 6.07) is 4.30. The number of carbonyl (C=O) groups is 3. The van der Waals surface area contributed by atoms with E-state index < -0.39 is 12.1 Å². The van der Waals surface area contributed by atoms with Gasteiger partial charge in [0.15, 0.2) is 0 Å². The SMILES string of the molecule is COc1cc(SC)ccc1C(=O)N[C@H]1CCN2C(=O)[C@@H](C(C)C)NC(=O)[C@@H]2C1. The van der Waals surface area contributed by atoms with E-state index >= 15 is 0 Å². The number of nitrogens with one attached hydrogen (secondary N) is 2. The molecule has 2 aliphatic heterocycles. The molecule has 2 fully saturated rings. The third kappa shape index (κ3) is 3.97. The molecule has 0 unspecified atom stereocenters. The van der Waals surface area contributed by atoms with Crippen LogP contribution in [0.15, 0.2) is 23.1 Å². The first-order valence-corrected chi connectivity index (χ1v) is 10.7. The van der Waals surface area contributed by atoms with Crippen molar-refractivity contribution in [3.63, 3.8) is 0 Å². The number of methoxy groups -OCH3 is 1. The number of piperazine rings is 1. The second kappa shape index (κ2) is 8.43. The molecule has 3 atom stereocenters. The second-order valence-corrected chi connectivity index (χ2v) is 8.42. The van der Waals surface area contributed by atoms with Crippen molar-refractivity contribution in [3.05, 3.63) is 23.8 Å². The Morgan fingerprint density at radius 2 is 2.11 bits per heavy atom. The predicted octanol–water partition coefficient (Wildman–Crippen LogP) is 1.66. The Kier molecular flexibility index (Phi) is 6.17. The monoisotopic (exact) mass is 405 g/mol. The zero-order valence-corrected chi connectivity index (χ0v) is 17.5. The minimum Gasteiger partial charge on any atom is -0.496 e. The van der Waals surface area contributed by atoms with Gasteiger partial charge in [-0.3, -0.25) is 14.4 Å². The van der Waals surface area contributed by atoms with Gasteiger partial charge in [0.1, 0.15) is 17.8 Å². The number of thioether (sulfide) groups is 1. The van der Waals surface area contributed by atoms with Crippen molar-refractivity contribution >= 4 is 29.5 Å². The fourth-order valence-corrected chi connectivity index (χ4v) is 4.23. The summed E-state index contributed by atoms with van der Waals surface area (Å²) in [7, 11) is 1.54. The number of piperidine rings is 1. The van der Waals surface area contributed by atoms with E-state index in [9.17, 15) is 14.4 Å². The third-order valence-corrected chi connectivity index (χ3v) is 6.13. The van der Waals surface area contributed by atoms with Gasteiger partial charge in [-0.2, -0.15) is 0 Å². The summed E-state index contributed by atoms with van der Waals surface area (Å²) in [6.45, 7) is 4.31. The predicted molar refractivity (Wildman–Crippen MR) is 108 cm³/mol. The molecule has 0 aromatic heterocycles. The lowest BCUT2D eigenvalue weighted by atomic mass is 9.90. The van der Waals surface area contributed by atoms with Gasteiger partial charge in [0, 0.05) is 17.5 Å². The van der Waals surface area contributed by atoms with Crippen molar-refractivity contribution in [3.8, 4) is 5.75 Å². The van der Waals surface area contributed by atoms with E-state index in [-0.39, 0.29) is 29.7 Å². The number of carbonyl (C=O) groups excluding carboxylic acids is 3. The van der Waals surface area contributed by atoms with Gasteiger partial charge in [0.2, 0.25) is 11.8 Å². The van der Waals surface area contributed by atoms with Crippen molar-refractivity contribution in [2.75, 3.05) is 19.9 Å². The summed E-state index contributed by atoms with van der Waals surface area (Å²) < 4.78 is 5.36. The molecule has 7 nitrogen and oxygen atoms in total. The van der Waals surface area contributed by atoms with Crippen molar-refractivity contribution in [1.82, 2.24) is 15.5 Å². The third-order valence-electron chi connectivity index (χ3n) is 5.41. The molecule has 8 heteroatoms. The zero-order chi connectivity index (χ0) is 20.4. The first-order chi connectivity index (χ1) is 13.3. The summed E-state index contributed by atoms with van der Waals surface area (Å²) >= 11 is 1.58. The molecule has 28 heavy (non-hydrogen) atoms. The van der Waals surface area contributed by atoms with Crippen LogP contribution in [0.5, 0.6) is 5.75 Å². The number of ether oxygens (including phenoxy) is 1. The van der Waals surface area contributed by atoms with E-state index in [0.29, 0.717) is 30.7 Å². The fraction of sp³-hybridized carbons (Fsp3) is 0.550. The fourth-order valence-electron chi connectivity index (χ4n) is 3.80.